The highest BCUT2D eigenvalue weighted by Crippen LogP contribution is 2.20. The first-order valence-corrected chi connectivity index (χ1v) is 6.57. The van der Waals surface area contributed by atoms with Crippen LogP contribution in [0.4, 0.5) is 0 Å². The number of aromatic nitrogens is 1. The number of Topliss-reactive ketones (excluding diaryl/α,β-unsaturated/α-hetero) is 1. The lowest BCUT2D eigenvalue weighted by Crippen LogP contribution is -2.25. The van der Waals surface area contributed by atoms with Crippen molar-refractivity contribution in [3.63, 3.8) is 0 Å². The van der Waals surface area contributed by atoms with Crippen molar-refractivity contribution in [1.82, 2.24) is 4.98 Å². The minimum absolute atomic E-state index is 0.284. The topological polar surface area (TPSA) is 56.3 Å². The van der Waals surface area contributed by atoms with Crippen molar-refractivity contribution in [3.8, 4) is 0 Å². The normalized spacial score (nSPS) is 12.2. The zero-order chi connectivity index (χ0) is 14.7. The quantitative estimate of drug-likeness (QED) is 0.487. The lowest BCUT2D eigenvalue weighted by molar-refractivity contribution is -0.143. The van der Waals surface area contributed by atoms with Crippen LogP contribution in [0.1, 0.15) is 29.4 Å². The van der Waals surface area contributed by atoms with Gasteiger partial charge >= 0.3 is 5.97 Å². The summed E-state index contributed by atoms with van der Waals surface area (Å²) in [4.78, 5) is 28.4. The summed E-state index contributed by atoms with van der Waals surface area (Å²) in [5.74, 6) is -1.58. The number of ether oxygens (including phenoxy) is 1. The fourth-order valence-corrected chi connectivity index (χ4v) is 2.26. The number of carbonyl (C=O) groups excluding carboxylic acids is 2. The highest BCUT2D eigenvalue weighted by molar-refractivity contribution is 6.08. The number of benzene rings is 1. The Kier molecular flexibility index (Phi) is 4.13. The Bertz CT molecular complexity index is 664. The van der Waals surface area contributed by atoms with E-state index in [9.17, 15) is 9.59 Å². The fraction of sp³-hybridized carbons (Fsp3) is 0.312. The first kappa shape index (κ1) is 14.2. The summed E-state index contributed by atoms with van der Waals surface area (Å²) < 4.78 is 4.68. The summed E-state index contributed by atoms with van der Waals surface area (Å²) in [6.45, 7) is 3.72. The van der Waals surface area contributed by atoms with Gasteiger partial charge in [0.1, 0.15) is 11.6 Å². The molecule has 104 valence electrons. The maximum Gasteiger partial charge on any atom is 0.316 e. The van der Waals surface area contributed by atoms with Crippen LogP contribution in [0.5, 0.6) is 0 Å². The van der Waals surface area contributed by atoms with Gasteiger partial charge in [-0.15, -0.1) is 0 Å². The maximum atomic E-state index is 12.4. The number of nitrogens with zero attached hydrogens (tertiary/aromatic N) is 1. The van der Waals surface area contributed by atoms with Crippen molar-refractivity contribution in [2.75, 3.05) is 7.11 Å². The van der Waals surface area contributed by atoms with Gasteiger partial charge in [0.15, 0.2) is 5.78 Å². The first-order valence-electron chi connectivity index (χ1n) is 6.57. The summed E-state index contributed by atoms with van der Waals surface area (Å²) in [6, 6.07) is 9.36. The molecule has 0 bridgehead atoms. The number of rotatable bonds is 4. The molecule has 0 saturated heterocycles. The van der Waals surface area contributed by atoms with Crippen LogP contribution in [0.2, 0.25) is 0 Å². The molecule has 1 aromatic carbocycles. The van der Waals surface area contributed by atoms with Crippen LogP contribution in [0.15, 0.2) is 30.3 Å². The Morgan fingerprint density at radius 2 is 2.00 bits per heavy atom. The van der Waals surface area contributed by atoms with Crippen LogP contribution in [-0.4, -0.2) is 23.8 Å². The predicted molar refractivity (Wildman–Crippen MR) is 76.6 cm³/mol. The lowest BCUT2D eigenvalue weighted by Gasteiger charge is -2.12. The number of hydrogen-bond acceptors (Lipinski definition) is 4. The van der Waals surface area contributed by atoms with E-state index in [-0.39, 0.29) is 5.78 Å². The molecule has 0 spiro atoms. The molecule has 0 aliphatic carbocycles. The molecular formula is C16H17NO3. The molecule has 0 radical (unpaired) electrons. The van der Waals surface area contributed by atoms with E-state index in [0.29, 0.717) is 12.1 Å². The molecular weight excluding hydrogens is 254 g/mol. The third kappa shape index (κ3) is 2.54. The Morgan fingerprint density at radius 3 is 2.65 bits per heavy atom. The summed E-state index contributed by atoms with van der Waals surface area (Å²) in [6.07, 6.45) is 0.402. The Balaban J connectivity index is 2.47. The van der Waals surface area contributed by atoms with Crippen molar-refractivity contribution in [3.05, 3.63) is 41.6 Å². The van der Waals surface area contributed by atoms with Crippen LogP contribution in [0, 0.1) is 12.8 Å². The highest BCUT2D eigenvalue weighted by atomic mass is 16.5. The SMILES string of the molecule is CCC(C(=O)OC)C(=O)c1cc(C)c2ccccc2n1. The average molecular weight is 271 g/mol. The van der Waals surface area contributed by atoms with Crippen LogP contribution < -0.4 is 0 Å². The highest BCUT2D eigenvalue weighted by Gasteiger charge is 2.28. The number of pyridine rings is 1. The van der Waals surface area contributed by atoms with E-state index in [1.807, 2.05) is 31.2 Å². The molecule has 0 aliphatic heterocycles. The third-order valence-electron chi connectivity index (χ3n) is 3.39. The predicted octanol–water partition coefficient (Wildman–Crippen LogP) is 2.93. The van der Waals surface area contributed by atoms with Crippen molar-refractivity contribution in [1.29, 1.82) is 0 Å². The average Bonchev–Trinajstić information content (AvgIpc) is 2.47. The van der Waals surface area contributed by atoms with Crippen molar-refractivity contribution in [2.24, 2.45) is 5.92 Å². The van der Waals surface area contributed by atoms with Crippen LogP contribution in [0.25, 0.3) is 10.9 Å². The van der Waals surface area contributed by atoms with Gasteiger partial charge in [-0.25, -0.2) is 4.98 Å². The number of carbonyl (C=O) groups is 2. The zero-order valence-corrected chi connectivity index (χ0v) is 11.8. The summed E-state index contributed by atoms with van der Waals surface area (Å²) >= 11 is 0. The number of fused-ring (bicyclic) bond motifs is 1. The second-order valence-corrected chi connectivity index (χ2v) is 4.69. The number of esters is 1. The van der Waals surface area contributed by atoms with Gasteiger partial charge in [0.05, 0.1) is 12.6 Å². The lowest BCUT2D eigenvalue weighted by atomic mass is 9.97. The number of aryl methyl sites for hydroxylation is 1. The van der Waals surface area contributed by atoms with E-state index >= 15 is 0 Å². The van der Waals surface area contributed by atoms with E-state index in [2.05, 4.69) is 9.72 Å². The number of para-hydroxylation sites is 1. The molecule has 0 aliphatic rings. The van der Waals surface area contributed by atoms with Crippen molar-refractivity contribution >= 4 is 22.7 Å². The Hall–Kier alpha value is -2.23. The standard InChI is InChI=1S/C16H17NO3/c1-4-11(16(19)20-3)15(18)14-9-10(2)12-7-5-6-8-13(12)17-14/h5-9,11H,4H2,1-3H3. The van der Waals surface area contributed by atoms with Gasteiger partial charge in [0.2, 0.25) is 0 Å². The molecule has 0 fully saturated rings. The second kappa shape index (κ2) is 5.82. The van der Waals surface area contributed by atoms with E-state index in [0.717, 1.165) is 16.5 Å². The van der Waals surface area contributed by atoms with Gasteiger partial charge in [0, 0.05) is 5.39 Å². The van der Waals surface area contributed by atoms with Gasteiger partial charge in [0.25, 0.3) is 0 Å². The molecule has 4 nitrogen and oxygen atoms in total. The van der Waals surface area contributed by atoms with Crippen LogP contribution >= 0.6 is 0 Å². The second-order valence-electron chi connectivity index (χ2n) is 4.69. The minimum atomic E-state index is -0.784. The van der Waals surface area contributed by atoms with E-state index in [1.54, 1.807) is 13.0 Å². The molecule has 1 heterocycles. The Morgan fingerprint density at radius 1 is 1.30 bits per heavy atom. The number of hydrogen-bond donors (Lipinski definition) is 0. The number of methoxy groups -OCH3 is 1. The monoisotopic (exact) mass is 271 g/mol. The first-order chi connectivity index (χ1) is 9.58. The molecule has 1 atom stereocenters. The summed E-state index contributed by atoms with van der Waals surface area (Å²) in [5.41, 5.74) is 2.05. The molecule has 2 rings (SSSR count). The van der Waals surface area contributed by atoms with Crippen molar-refractivity contribution < 1.29 is 14.3 Å². The van der Waals surface area contributed by atoms with Crippen LogP contribution in [0.3, 0.4) is 0 Å². The summed E-state index contributed by atoms with van der Waals surface area (Å²) in [5, 5.41) is 1.01. The van der Waals surface area contributed by atoms with Crippen molar-refractivity contribution in [2.45, 2.75) is 20.3 Å². The molecule has 1 unspecified atom stereocenters. The smallest absolute Gasteiger partial charge is 0.316 e. The van der Waals surface area contributed by atoms with Gasteiger partial charge in [-0.1, -0.05) is 25.1 Å². The fourth-order valence-electron chi connectivity index (χ4n) is 2.26. The molecule has 1 aromatic heterocycles. The van der Waals surface area contributed by atoms with Gasteiger partial charge in [-0.3, -0.25) is 9.59 Å². The minimum Gasteiger partial charge on any atom is -0.468 e. The maximum absolute atomic E-state index is 12.4. The largest absolute Gasteiger partial charge is 0.468 e. The van der Waals surface area contributed by atoms with Gasteiger partial charge < -0.3 is 4.74 Å². The van der Waals surface area contributed by atoms with E-state index < -0.39 is 11.9 Å². The molecule has 4 heteroatoms. The third-order valence-corrected chi connectivity index (χ3v) is 3.39. The van der Waals surface area contributed by atoms with E-state index in [1.165, 1.54) is 7.11 Å². The van der Waals surface area contributed by atoms with Gasteiger partial charge in [-0.05, 0) is 31.0 Å². The van der Waals surface area contributed by atoms with Gasteiger partial charge in [-0.2, -0.15) is 0 Å². The zero-order valence-electron chi connectivity index (χ0n) is 11.8. The van der Waals surface area contributed by atoms with E-state index in [4.69, 9.17) is 0 Å². The summed E-state index contributed by atoms with van der Waals surface area (Å²) in [7, 11) is 1.29. The Labute approximate surface area is 117 Å². The molecule has 2 aromatic rings. The molecule has 0 saturated carbocycles. The molecule has 20 heavy (non-hydrogen) atoms. The molecule has 0 N–H and O–H groups in total. The number of ketones is 1. The van der Waals surface area contributed by atoms with Crippen LogP contribution in [-0.2, 0) is 9.53 Å². The molecule has 0 amide bonds.